The molecule has 92 valence electrons. The van der Waals surface area contributed by atoms with Crippen molar-refractivity contribution in [2.75, 3.05) is 0 Å². The van der Waals surface area contributed by atoms with Gasteiger partial charge in [0.1, 0.15) is 5.69 Å². The Labute approximate surface area is 94.1 Å². The summed E-state index contributed by atoms with van der Waals surface area (Å²) >= 11 is 0. The van der Waals surface area contributed by atoms with Crippen LogP contribution in [0.2, 0.25) is 0 Å². The molecular formula is C9H8F2N2O4. The van der Waals surface area contributed by atoms with Gasteiger partial charge in [-0.15, -0.1) is 0 Å². The smallest absolute Gasteiger partial charge is 0.309 e. The van der Waals surface area contributed by atoms with Gasteiger partial charge in [-0.25, -0.2) is 8.78 Å². The monoisotopic (exact) mass is 246 g/mol. The van der Waals surface area contributed by atoms with Gasteiger partial charge < -0.3 is 5.11 Å². The number of nitrogens with zero attached hydrogens (tertiary/aromatic N) is 2. The minimum absolute atomic E-state index is 0.113. The second-order valence-corrected chi connectivity index (χ2v) is 3.28. The molecule has 1 heterocycles. The molecule has 0 unspecified atom stereocenters. The molecule has 0 aliphatic carbocycles. The van der Waals surface area contributed by atoms with Crippen molar-refractivity contribution >= 4 is 11.7 Å². The number of carbonyl (C=O) groups is 1. The lowest BCUT2D eigenvalue weighted by Crippen LogP contribution is -2.09. The zero-order valence-corrected chi connectivity index (χ0v) is 8.68. The second-order valence-electron chi connectivity index (χ2n) is 3.28. The molecule has 1 aromatic heterocycles. The molecular weight excluding hydrogens is 238 g/mol. The van der Waals surface area contributed by atoms with E-state index in [1.807, 2.05) is 0 Å². The number of halogens is 2. The van der Waals surface area contributed by atoms with Crippen molar-refractivity contribution in [1.29, 1.82) is 0 Å². The SMILES string of the molecule is Cc1cc(C(F)F)c([N+](=O)[O-])c(CC(=O)O)n1. The summed E-state index contributed by atoms with van der Waals surface area (Å²) in [6.07, 6.45) is -3.82. The maximum atomic E-state index is 12.6. The van der Waals surface area contributed by atoms with Crippen molar-refractivity contribution in [1.82, 2.24) is 4.98 Å². The van der Waals surface area contributed by atoms with Crippen LogP contribution in [0.25, 0.3) is 0 Å². The van der Waals surface area contributed by atoms with Gasteiger partial charge >= 0.3 is 5.97 Å². The number of nitro groups is 1. The Kier molecular flexibility index (Phi) is 3.66. The number of carboxylic acid groups (broad SMARTS) is 1. The van der Waals surface area contributed by atoms with Crippen molar-refractivity contribution in [3.8, 4) is 0 Å². The third-order valence-corrected chi connectivity index (χ3v) is 1.96. The number of aryl methyl sites for hydroxylation is 1. The van der Waals surface area contributed by atoms with E-state index < -0.39 is 40.7 Å². The number of alkyl halides is 2. The predicted molar refractivity (Wildman–Crippen MR) is 51.9 cm³/mol. The first-order valence-corrected chi connectivity index (χ1v) is 4.47. The maximum Gasteiger partial charge on any atom is 0.309 e. The number of rotatable bonds is 4. The molecule has 6 nitrogen and oxygen atoms in total. The first-order chi connectivity index (χ1) is 7.82. The van der Waals surface area contributed by atoms with Crippen molar-refractivity contribution in [2.24, 2.45) is 0 Å². The van der Waals surface area contributed by atoms with Crippen molar-refractivity contribution in [3.05, 3.63) is 33.1 Å². The largest absolute Gasteiger partial charge is 0.481 e. The number of hydrogen-bond acceptors (Lipinski definition) is 4. The molecule has 0 bridgehead atoms. The highest BCUT2D eigenvalue weighted by atomic mass is 19.3. The molecule has 0 spiro atoms. The number of aliphatic carboxylic acids is 1. The van der Waals surface area contributed by atoms with Crippen LogP contribution in [0.4, 0.5) is 14.5 Å². The molecule has 0 atom stereocenters. The summed E-state index contributed by atoms with van der Waals surface area (Å²) in [6, 6.07) is 0.883. The number of pyridine rings is 1. The van der Waals surface area contributed by atoms with Crippen LogP contribution in [0.3, 0.4) is 0 Å². The van der Waals surface area contributed by atoms with E-state index in [2.05, 4.69) is 4.98 Å². The van der Waals surface area contributed by atoms with Crippen molar-refractivity contribution in [3.63, 3.8) is 0 Å². The second kappa shape index (κ2) is 4.81. The average molecular weight is 246 g/mol. The van der Waals surface area contributed by atoms with Crippen LogP contribution in [0.5, 0.6) is 0 Å². The van der Waals surface area contributed by atoms with Gasteiger partial charge in [0.2, 0.25) is 0 Å². The van der Waals surface area contributed by atoms with E-state index in [1.54, 1.807) is 0 Å². The van der Waals surface area contributed by atoms with Crippen molar-refractivity contribution in [2.45, 2.75) is 19.8 Å². The van der Waals surface area contributed by atoms with Crippen molar-refractivity contribution < 1.29 is 23.6 Å². The third-order valence-electron chi connectivity index (χ3n) is 1.96. The van der Waals surface area contributed by atoms with E-state index in [0.717, 1.165) is 6.07 Å². The summed E-state index contributed by atoms with van der Waals surface area (Å²) in [6.45, 7) is 1.36. The standard InChI is InChI=1S/C9H8F2N2O4/c1-4-2-5(9(10)11)8(13(16)17)6(12-4)3-7(14)15/h2,9H,3H2,1H3,(H,14,15). The van der Waals surface area contributed by atoms with Crippen LogP contribution >= 0.6 is 0 Å². The molecule has 17 heavy (non-hydrogen) atoms. The Morgan fingerprint density at radius 2 is 2.24 bits per heavy atom. The normalized spacial score (nSPS) is 10.6. The zero-order valence-electron chi connectivity index (χ0n) is 8.68. The fraction of sp³-hybridized carbons (Fsp3) is 0.333. The van der Waals surface area contributed by atoms with Crippen LogP contribution < -0.4 is 0 Å². The van der Waals surface area contributed by atoms with Crippen LogP contribution in [-0.2, 0) is 11.2 Å². The first-order valence-electron chi connectivity index (χ1n) is 4.47. The highest BCUT2D eigenvalue weighted by Gasteiger charge is 2.28. The molecule has 0 fully saturated rings. The van der Waals surface area contributed by atoms with Gasteiger partial charge in [0.05, 0.1) is 16.9 Å². The van der Waals surface area contributed by atoms with Gasteiger partial charge in [-0.1, -0.05) is 0 Å². The Morgan fingerprint density at radius 3 is 2.65 bits per heavy atom. The molecule has 1 N–H and O–H groups in total. The van der Waals surface area contributed by atoms with E-state index in [1.165, 1.54) is 6.92 Å². The molecule has 0 saturated carbocycles. The van der Waals surface area contributed by atoms with Crippen LogP contribution in [-0.4, -0.2) is 21.0 Å². The summed E-state index contributed by atoms with van der Waals surface area (Å²) in [5.41, 5.74) is -2.08. The fourth-order valence-corrected chi connectivity index (χ4v) is 1.40. The first kappa shape index (κ1) is 12.9. The summed E-state index contributed by atoms with van der Waals surface area (Å²) < 4.78 is 25.2. The molecule has 0 amide bonds. The van der Waals surface area contributed by atoms with Gasteiger partial charge in [0.15, 0.2) is 0 Å². The molecule has 0 aliphatic rings. The van der Waals surface area contributed by atoms with Gasteiger partial charge in [0.25, 0.3) is 12.1 Å². The molecule has 1 aromatic rings. The summed E-state index contributed by atoms with van der Waals surface area (Å²) in [4.78, 5) is 23.8. The summed E-state index contributed by atoms with van der Waals surface area (Å²) in [5, 5.41) is 19.2. The van der Waals surface area contributed by atoms with E-state index in [-0.39, 0.29) is 5.69 Å². The van der Waals surface area contributed by atoms with Gasteiger partial charge in [0, 0.05) is 5.69 Å². The number of aromatic nitrogens is 1. The van der Waals surface area contributed by atoms with E-state index in [9.17, 15) is 23.7 Å². The van der Waals surface area contributed by atoms with Gasteiger partial charge in [-0.3, -0.25) is 19.9 Å². The highest BCUT2D eigenvalue weighted by Crippen LogP contribution is 2.31. The van der Waals surface area contributed by atoms with Gasteiger partial charge in [-0.05, 0) is 13.0 Å². The lowest BCUT2D eigenvalue weighted by Gasteiger charge is -2.06. The van der Waals surface area contributed by atoms with Gasteiger partial charge in [-0.2, -0.15) is 0 Å². The summed E-state index contributed by atoms with van der Waals surface area (Å²) in [5.74, 6) is -1.37. The Balaban J connectivity index is 3.45. The topological polar surface area (TPSA) is 93.3 Å². The zero-order chi connectivity index (χ0) is 13.2. The molecule has 1 rings (SSSR count). The molecule has 8 heteroatoms. The van der Waals surface area contributed by atoms with E-state index in [0.29, 0.717) is 0 Å². The minimum atomic E-state index is -3.05. The molecule has 0 aromatic carbocycles. The number of hydrogen-bond donors (Lipinski definition) is 1. The Morgan fingerprint density at radius 1 is 1.65 bits per heavy atom. The minimum Gasteiger partial charge on any atom is -0.481 e. The molecule has 0 radical (unpaired) electrons. The Hall–Kier alpha value is -2.12. The van der Waals surface area contributed by atoms with Crippen LogP contribution in [0, 0.1) is 17.0 Å². The number of carboxylic acids is 1. The highest BCUT2D eigenvalue weighted by molar-refractivity contribution is 5.71. The van der Waals surface area contributed by atoms with E-state index >= 15 is 0 Å². The van der Waals surface area contributed by atoms with Crippen LogP contribution in [0.1, 0.15) is 23.4 Å². The molecule has 0 saturated heterocycles. The van der Waals surface area contributed by atoms with E-state index in [4.69, 9.17) is 5.11 Å². The molecule has 0 aliphatic heterocycles. The fourth-order valence-electron chi connectivity index (χ4n) is 1.40. The Bertz CT molecular complexity index is 476. The lowest BCUT2D eigenvalue weighted by molar-refractivity contribution is -0.387. The quantitative estimate of drug-likeness (QED) is 0.646. The predicted octanol–water partition coefficient (Wildman–Crippen LogP) is 1.86. The third kappa shape index (κ3) is 2.92. The average Bonchev–Trinajstić information content (AvgIpc) is 2.14. The van der Waals surface area contributed by atoms with Crippen LogP contribution in [0.15, 0.2) is 6.07 Å². The maximum absolute atomic E-state index is 12.6. The summed E-state index contributed by atoms with van der Waals surface area (Å²) in [7, 11) is 0. The lowest BCUT2D eigenvalue weighted by atomic mass is 10.1.